The van der Waals surface area contributed by atoms with Gasteiger partial charge < -0.3 is 14.8 Å². The summed E-state index contributed by atoms with van der Waals surface area (Å²) < 4.78 is 10.6. The predicted molar refractivity (Wildman–Crippen MR) is 108 cm³/mol. The Labute approximate surface area is 167 Å². The van der Waals surface area contributed by atoms with Crippen molar-refractivity contribution in [3.63, 3.8) is 0 Å². The number of methoxy groups -OCH3 is 2. The highest BCUT2D eigenvalue weighted by Crippen LogP contribution is 2.28. The van der Waals surface area contributed by atoms with Crippen LogP contribution in [-0.2, 0) is 11.3 Å². The van der Waals surface area contributed by atoms with Crippen LogP contribution in [0.5, 0.6) is 11.5 Å². The Balaban J connectivity index is 1.74. The maximum Gasteiger partial charge on any atom is 0.321 e. The normalized spacial score (nSPS) is 15.3. The van der Waals surface area contributed by atoms with Crippen molar-refractivity contribution in [1.29, 1.82) is 0 Å². The van der Waals surface area contributed by atoms with Gasteiger partial charge in [0, 0.05) is 39.3 Å². The second kappa shape index (κ2) is 10.9. The number of ether oxygens (including phenoxy) is 2. The van der Waals surface area contributed by atoms with E-state index in [2.05, 4.69) is 20.4 Å². The lowest BCUT2D eigenvalue weighted by atomic mass is 10.1. The standard InChI is InChI=1S/C20H32N4O4/c1-15(2)12-21-20(26)22-19(25)14-24-9-7-23(8-10-24)13-16-5-6-17(27-3)18(11-16)28-4/h5-6,11,15H,7-10,12-14H2,1-4H3,(H2,21,22,25,26). The number of piperazine rings is 1. The van der Waals surface area contributed by atoms with Crippen molar-refractivity contribution in [1.82, 2.24) is 20.4 Å². The SMILES string of the molecule is COc1ccc(CN2CCN(CC(=O)NC(=O)NCC(C)C)CC2)cc1OC. The largest absolute Gasteiger partial charge is 0.493 e. The lowest BCUT2D eigenvalue weighted by Crippen LogP contribution is -2.51. The summed E-state index contributed by atoms with van der Waals surface area (Å²) in [5.41, 5.74) is 1.16. The smallest absolute Gasteiger partial charge is 0.321 e. The summed E-state index contributed by atoms with van der Waals surface area (Å²) in [5.74, 6) is 1.53. The summed E-state index contributed by atoms with van der Waals surface area (Å²) in [6.45, 7) is 8.91. The molecule has 0 bridgehead atoms. The Morgan fingerprint density at radius 2 is 1.68 bits per heavy atom. The zero-order chi connectivity index (χ0) is 20.5. The molecule has 1 saturated heterocycles. The van der Waals surface area contributed by atoms with Gasteiger partial charge >= 0.3 is 6.03 Å². The van der Waals surface area contributed by atoms with Crippen LogP contribution in [0.3, 0.4) is 0 Å². The molecule has 0 atom stereocenters. The van der Waals surface area contributed by atoms with Crippen molar-refractivity contribution in [2.24, 2.45) is 5.92 Å². The summed E-state index contributed by atoms with van der Waals surface area (Å²) in [7, 11) is 3.26. The number of nitrogens with one attached hydrogen (secondary N) is 2. The zero-order valence-corrected chi connectivity index (χ0v) is 17.3. The van der Waals surface area contributed by atoms with Gasteiger partial charge in [-0.15, -0.1) is 0 Å². The molecule has 1 heterocycles. The van der Waals surface area contributed by atoms with Gasteiger partial charge in [0.2, 0.25) is 5.91 Å². The summed E-state index contributed by atoms with van der Waals surface area (Å²) in [4.78, 5) is 28.1. The van der Waals surface area contributed by atoms with E-state index in [0.717, 1.165) is 49.8 Å². The first-order valence-electron chi connectivity index (χ1n) is 9.64. The fraction of sp³-hybridized carbons (Fsp3) is 0.600. The first-order valence-corrected chi connectivity index (χ1v) is 9.64. The highest BCUT2D eigenvalue weighted by atomic mass is 16.5. The van der Waals surface area contributed by atoms with Crippen LogP contribution in [-0.4, -0.2) is 75.2 Å². The van der Waals surface area contributed by atoms with Gasteiger partial charge in [-0.2, -0.15) is 0 Å². The molecule has 0 saturated carbocycles. The molecular weight excluding hydrogens is 360 g/mol. The number of rotatable bonds is 8. The molecule has 28 heavy (non-hydrogen) atoms. The van der Waals surface area contributed by atoms with E-state index in [4.69, 9.17) is 9.47 Å². The van der Waals surface area contributed by atoms with Gasteiger partial charge in [0.15, 0.2) is 11.5 Å². The summed E-state index contributed by atoms with van der Waals surface area (Å²) >= 11 is 0. The second-order valence-corrected chi connectivity index (χ2v) is 7.39. The van der Waals surface area contributed by atoms with E-state index >= 15 is 0 Å². The number of hydrogen-bond acceptors (Lipinski definition) is 6. The molecule has 1 aromatic carbocycles. The Morgan fingerprint density at radius 1 is 1.04 bits per heavy atom. The number of carbonyl (C=O) groups is 2. The molecule has 1 aromatic rings. The van der Waals surface area contributed by atoms with Crippen LogP contribution >= 0.6 is 0 Å². The summed E-state index contributed by atoms with van der Waals surface area (Å²) in [6.07, 6.45) is 0. The molecule has 2 N–H and O–H groups in total. The molecule has 8 nitrogen and oxygen atoms in total. The molecule has 156 valence electrons. The van der Waals surface area contributed by atoms with Gasteiger partial charge in [0.1, 0.15) is 0 Å². The van der Waals surface area contributed by atoms with E-state index in [0.29, 0.717) is 12.5 Å². The van der Waals surface area contributed by atoms with Crippen LogP contribution in [0.15, 0.2) is 18.2 Å². The van der Waals surface area contributed by atoms with E-state index < -0.39 is 6.03 Å². The highest BCUT2D eigenvalue weighted by molar-refractivity contribution is 5.95. The Kier molecular flexibility index (Phi) is 8.53. The van der Waals surface area contributed by atoms with E-state index in [9.17, 15) is 9.59 Å². The minimum absolute atomic E-state index is 0.235. The van der Waals surface area contributed by atoms with Gasteiger partial charge in [-0.25, -0.2) is 4.79 Å². The maximum atomic E-state index is 12.0. The van der Waals surface area contributed by atoms with Gasteiger partial charge in [0.25, 0.3) is 0 Å². The van der Waals surface area contributed by atoms with Crippen molar-refractivity contribution in [2.75, 3.05) is 53.5 Å². The van der Waals surface area contributed by atoms with Gasteiger partial charge in [-0.05, 0) is 23.6 Å². The number of amides is 3. The molecule has 0 aliphatic carbocycles. The molecule has 2 rings (SSSR count). The minimum Gasteiger partial charge on any atom is -0.493 e. The van der Waals surface area contributed by atoms with Gasteiger partial charge in [-0.1, -0.05) is 19.9 Å². The molecule has 1 aliphatic heterocycles. The van der Waals surface area contributed by atoms with Crippen molar-refractivity contribution in [3.05, 3.63) is 23.8 Å². The number of carbonyl (C=O) groups excluding carboxylic acids is 2. The fourth-order valence-corrected chi connectivity index (χ4v) is 3.05. The molecule has 0 unspecified atom stereocenters. The predicted octanol–water partition coefficient (Wildman–Crippen LogP) is 1.30. The van der Waals surface area contributed by atoms with Crippen LogP contribution < -0.4 is 20.1 Å². The van der Waals surface area contributed by atoms with E-state index in [1.807, 2.05) is 32.0 Å². The number of benzene rings is 1. The summed E-state index contributed by atoms with van der Waals surface area (Å²) in [5, 5.41) is 5.07. The average Bonchev–Trinajstić information content (AvgIpc) is 2.67. The van der Waals surface area contributed by atoms with Gasteiger partial charge in [0.05, 0.1) is 20.8 Å². The van der Waals surface area contributed by atoms with Crippen LogP contribution in [0.2, 0.25) is 0 Å². The van der Waals surface area contributed by atoms with Crippen molar-refractivity contribution >= 4 is 11.9 Å². The first-order chi connectivity index (χ1) is 13.4. The molecular formula is C20H32N4O4. The first kappa shape index (κ1) is 22.0. The van der Waals surface area contributed by atoms with E-state index in [-0.39, 0.29) is 12.5 Å². The fourth-order valence-electron chi connectivity index (χ4n) is 3.05. The lowest BCUT2D eigenvalue weighted by Gasteiger charge is -2.34. The third kappa shape index (κ3) is 7.01. The average molecular weight is 393 g/mol. The molecule has 1 fully saturated rings. The van der Waals surface area contributed by atoms with E-state index in [1.54, 1.807) is 14.2 Å². The second-order valence-electron chi connectivity index (χ2n) is 7.39. The summed E-state index contributed by atoms with van der Waals surface area (Å²) in [6, 6.07) is 5.52. The molecule has 0 radical (unpaired) electrons. The third-order valence-electron chi connectivity index (χ3n) is 4.61. The molecule has 3 amide bonds. The quantitative estimate of drug-likeness (QED) is 0.694. The number of imide groups is 1. The van der Waals surface area contributed by atoms with Crippen LogP contribution in [0.25, 0.3) is 0 Å². The van der Waals surface area contributed by atoms with Crippen molar-refractivity contribution in [3.8, 4) is 11.5 Å². The van der Waals surface area contributed by atoms with Crippen LogP contribution in [0, 0.1) is 5.92 Å². The van der Waals surface area contributed by atoms with E-state index in [1.165, 1.54) is 0 Å². The van der Waals surface area contributed by atoms with Crippen molar-refractivity contribution in [2.45, 2.75) is 20.4 Å². The number of nitrogens with zero attached hydrogens (tertiary/aromatic N) is 2. The van der Waals surface area contributed by atoms with Crippen LogP contribution in [0.4, 0.5) is 4.79 Å². The molecule has 1 aliphatic rings. The Morgan fingerprint density at radius 3 is 2.29 bits per heavy atom. The van der Waals surface area contributed by atoms with Crippen molar-refractivity contribution < 1.29 is 19.1 Å². The van der Waals surface area contributed by atoms with Gasteiger partial charge in [-0.3, -0.25) is 19.9 Å². The number of urea groups is 1. The monoisotopic (exact) mass is 392 g/mol. The minimum atomic E-state index is -0.425. The molecule has 8 heteroatoms. The third-order valence-corrected chi connectivity index (χ3v) is 4.61. The Bertz CT molecular complexity index is 658. The zero-order valence-electron chi connectivity index (χ0n) is 17.3. The molecule has 0 aromatic heterocycles. The van der Waals surface area contributed by atoms with Crippen LogP contribution in [0.1, 0.15) is 19.4 Å². The lowest BCUT2D eigenvalue weighted by molar-refractivity contribution is -0.121. The Hall–Kier alpha value is -2.32. The maximum absolute atomic E-state index is 12.0. The topological polar surface area (TPSA) is 83.1 Å². The highest BCUT2D eigenvalue weighted by Gasteiger charge is 2.20. The number of hydrogen-bond donors (Lipinski definition) is 2. The molecule has 0 spiro atoms.